The van der Waals surface area contributed by atoms with Crippen molar-refractivity contribution < 1.29 is 5.11 Å². The van der Waals surface area contributed by atoms with Gasteiger partial charge in [-0.1, -0.05) is 20.3 Å². The fourth-order valence-electron chi connectivity index (χ4n) is 2.46. The molecule has 0 heterocycles. The molecule has 1 N–H and O–H groups in total. The van der Waals surface area contributed by atoms with E-state index >= 15 is 0 Å². The van der Waals surface area contributed by atoms with Gasteiger partial charge in [-0.15, -0.1) is 0 Å². The molecule has 0 aromatic rings. The van der Waals surface area contributed by atoms with E-state index in [2.05, 4.69) is 25.8 Å². The average molecular weight is 213 g/mol. The lowest BCUT2D eigenvalue weighted by molar-refractivity contribution is 0.0141. The number of aliphatic hydroxyl groups is 1. The maximum absolute atomic E-state index is 9.37. The van der Waals surface area contributed by atoms with Gasteiger partial charge in [0.05, 0.1) is 0 Å². The van der Waals surface area contributed by atoms with Crippen LogP contribution in [0.5, 0.6) is 0 Å². The van der Waals surface area contributed by atoms with Crippen LogP contribution in [0.25, 0.3) is 0 Å². The molecule has 90 valence electrons. The quantitative estimate of drug-likeness (QED) is 0.702. The van der Waals surface area contributed by atoms with Crippen LogP contribution in [0.2, 0.25) is 0 Å². The summed E-state index contributed by atoms with van der Waals surface area (Å²) in [7, 11) is 2.19. The van der Waals surface area contributed by atoms with Crippen molar-refractivity contribution in [3.8, 4) is 0 Å². The molecule has 0 spiro atoms. The summed E-state index contributed by atoms with van der Waals surface area (Å²) < 4.78 is 0. The molecule has 1 aliphatic rings. The average Bonchev–Trinajstić information content (AvgIpc) is 2.11. The first-order valence-corrected chi connectivity index (χ1v) is 6.37. The smallest absolute Gasteiger partial charge is 0.0499 e. The predicted molar refractivity (Wildman–Crippen MR) is 64.9 cm³/mol. The Balaban J connectivity index is 2.14. The van der Waals surface area contributed by atoms with Crippen LogP contribution >= 0.6 is 0 Å². The van der Waals surface area contributed by atoms with Gasteiger partial charge < -0.3 is 10.0 Å². The first-order chi connectivity index (χ1) is 7.08. The molecule has 0 radical (unpaired) electrons. The Kier molecular flexibility index (Phi) is 5.07. The molecule has 0 bridgehead atoms. The van der Waals surface area contributed by atoms with Gasteiger partial charge in [0.25, 0.3) is 0 Å². The van der Waals surface area contributed by atoms with Crippen LogP contribution in [0.15, 0.2) is 0 Å². The van der Waals surface area contributed by atoms with E-state index in [-0.39, 0.29) is 5.41 Å². The zero-order chi connectivity index (χ0) is 11.3. The van der Waals surface area contributed by atoms with Gasteiger partial charge in [0.1, 0.15) is 0 Å². The summed E-state index contributed by atoms with van der Waals surface area (Å²) in [6, 6.07) is 0. The van der Waals surface area contributed by atoms with E-state index in [1.165, 1.54) is 38.6 Å². The van der Waals surface area contributed by atoms with Crippen LogP contribution in [0.1, 0.15) is 46.0 Å². The molecular formula is C13H27NO. The molecule has 15 heavy (non-hydrogen) atoms. The molecule has 0 aliphatic heterocycles. The number of aliphatic hydroxyl groups excluding tert-OH is 1. The minimum atomic E-state index is 0.257. The molecule has 0 unspecified atom stereocenters. The van der Waals surface area contributed by atoms with E-state index in [1.54, 1.807) is 0 Å². The Hall–Kier alpha value is -0.0800. The summed E-state index contributed by atoms with van der Waals surface area (Å²) in [5, 5.41) is 9.37. The van der Waals surface area contributed by atoms with Crippen molar-refractivity contribution in [3.05, 3.63) is 0 Å². The molecule has 0 aromatic carbocycles. The van der Waals surface area contributed by atoms with E-state index in [9.17, 15) is 5.11 Å². The third-order valence-electron chi connectivity index (χ3n) is 3.68. The van der Waals surface area contributed by atoms with Gasteiger partial charge in [-0.05, 0) is 45.2 Å². The van der Waals surface area contributed by atoms with E-state index in [0.717, 1.165) is 12.5 Å². The van der Waals surface area contributed by atoms with Crippen LogP contribution in [0.3, 0.4) is 0 Å². The van der Waals surface area contributed by atoms with Crippen molar-refractivity contribution >= 4 is 0 Å². The molecule has 1 saturated carbocycles. The van der Waals surface area contributed by atoms with Crippen molar-refractivity contribution in [2.75, 3.05) is 26.7 Å². The molecule has 1 aliphatic carbocycles. The van der Waals surface area contributed by atoms with Gasteiger partial charge in [0.2, 0.25) is 0 Å². The lowest BCUT2D eigenvalue weighted by atomic mass is 9.69. The van der Waals surface area contributed by atoms with Gasteiger partial charge in [0.15, 0.2) is 0 Å². The maximum Gasteiger partial charge on any atom is 0.0499 e. The van der Waals surface area contributed by atoms with E-state index in [1.807, 2.05) is 0 Å². The SMILES string of the molecule is CC(C)CCCN(C)CC1(CO)CCC1. The maximum atomic E-state index is 9.37. The standard InChI is InChI=1S/C13H27NO/c1-12(2)6-4-9-14(3)10-13(11-15)7-5-8-13/h12,15H,4-11H2,1-3H3. The third kappa shape index (κ3) is 4.12. The van der Waals surface area contributed by atoms with Crippen molar-refractivity contribution in [2.45, 2.75) is 46.0 Å². The van der Waals surface area contributed by atoms with Gasteiger partial charge in [-0.2, -0.15) is 0 Å². The van der Waals surface area contributed by atoms with Gasteiger partial charge in [-0.3, -0.25) is 0 Å². The van der Waals surface area contributed by atoms with E-state index in [4.69, 9.17) is 0 Å². The summed E-state index contributed by atoms with van der Waals surface area (Å²) in [6.45, 7) is 7.20. The van der Waals surface area contributed by atoms with Crippen LogP contribution < -0.4 is 0 Å². The third-order valence-corrected chi connectivity index (χ3v) is 3.68. The van der Waals surface area contributed by atoms with Crippen LogP contribution in [-0.2, 0) is 0 Å². The first kappa shape index (κ1) is 13.0. The second kappa shape index (κ2) is 5.86. The van der Waals surface area contributed by atoms with Gasteiger partial charge in [0, 0.05) is 18.6 Å². The van der Waals surface area contributed by atoms with Crippen molar-refractivity contribution in [3.63, 3.8) is 0 Å². The lowest BCUT2D eigenvalue weighted by Crippen LogP contribution is -2.43. The monoisotopic (exact) mass is 213 g/mol. The Labute approximate surface area is 94.7 Å². The van der Waals surface area contributed by atoms with E-state index in [0.29, 0.717) is 6.61 Å². The summed E-state index contributed by atoms with van der Waals surface area (Å²) in [5.74, 6) is 0.814. The predicted octanol–water partition coefficient (Wildman–Crippen LogP) is 2.52. The van der Waals surface area contributed by atoms with Crippen molar-refractivity contribution in [1.82, 2.24) is 4.90 Å². The number of hydrogen-bond acceptors (Lipinski definition) is 2. The second-order valence-corrected chi connectivity index (χ2v) is 5.79. The minimum absolute atomic E-state index is 0.257. The van der Waals surface area contributed by atoms with Crippen LogP contribution in [-0.4, -0.2) is 36.8 Å². The molecule has 2 heteroatoms. The highest BCUT2D eigenvalue weighted by Gasteiger charge is 2.36. The number of rotatable bonds is 7. The molecule has 0 aromatic heterocycles. The molecular weight excluding hydrogens is 186 g/mol. The summed E-state index contributed by atoms with van der Waals surface area (Å²) in [5.41, 5.74) is 0.257. The van der Waals surface area contributed by atoms with E-state index < -0.39 is 0 Å². The summed E-state index contributed by atoms with van der Waals surface area (Å²) in [6.07, 6.45) is 6.35. The number of nitrogens with zero attached hydrogens (tertiary/aromatic N) is 1. The fraction of sp³-hybridized carbons (Fsp3) is 1.00. The van der Waals surface area contributed by atoms with Crippen molar-refractivity contribution in [2.24, 2.45) is 11.3 Å². The lowest BCUT2D eigenvalue weighted by Gasteiger charge is -2.43. The fourth-order valence-corrected chi connectivity index (χ4v) is 2.46. The molecule has 0 saturated heterocycles. The highest BCUT2D eigenvalue weighted by molar-refractivity contribution is 4.89. The Morgan fingerprint density at radius 3 is 2.40 bits per heavy atom. The van der Waals surface area contributed by atoms with Crippen LogP contribution in [0, 0.1) is 11.3 Å². The van der Waals surface area contributed by atoms with Crippen LogP contribution in [0.4, 0.5) is 0 Å². The van der Waals surface area contributed by atoms with Crippen molar-refractivity contribution in [1.29, 1.82) is 0 Å². The summed E-state index contributed by atoms with van der Waals surface area (Å²) in [4.78, 5) is 2.40. The molecule has 0 atom stereocenters. The number of hydrogen-bond donors (Lipinski definition) is 1. The molecule has 2 nitrogen and oxygen atoms in total. The first-order valence-electron chi connectivity index (χ1n) is 6.37. The van der Waals surface area contributed by atoms with Gasteiger partial charge >= 0.3 is 0 Å². The minimum Gasteiger partial charge on any atom is -0.396 e. The zero-order valence-corrected chi connectivity index (χ0v) is 10.6. The largest absolute Gasteiger partial charge is 0.396 e. The molecule has 1 rings (SSSR count). The normalized spacial score (nSPS) is 19.6. The second-order valence-electron chi connectivity index (χ2n) is 5.79. The Morgan fingerprint density at radius 1 is 1.33 bits per heavy atom. The molecule has 1 fully saturated rings. The highest BCUT2D eigenvalue weighted by atomic mass is 16.3. The Bertz CT molecular complexity index is 170. The van der Waals surface area contributed by atoms with Gasteiger partial charge in [-0.25, -0.2) is 0 Å². The molecule has 0 amide bonds. The Morgan fingerprint density at radius 2 is 2.00 bits per heavy atom. The topological polar surface area (TPSA) is 23.5 Å². The summed E-state index contributed by atoms with van der Waals surface area (Å²) >= 11 is 0. The highest BCUT2D eigenvalue weighted by Crippen LogP contribution is 2.40. The zero-order valence-electron chi connectivity index (χ0n) is 10.6.